The minimum absolute atomic E-state index is 0.213. The van der Waals surface area contributed by atoms with E-state index in [0.717, 1.165) is 60.3 Å². The predicted octanol–water partition coefficient (Wildman–Crippen LogP) is 11.8. The van der Waals surface area contributed by atoms with Crippen molar-refractivity contribution in [2.24, 2.45) is 0 Å². The predicted molar refractivity (Wildman–Crippen MR) is 203 cm³/mol. The van der Waals surface area contributed by atoms with Crippen LogP contribution in [0.5, 0.6) is 0 Å². The average Bonchev–Trinajstić information content (AvgIpc) is 3.39. The van der Waals surface area contributed by atoms with Crippen LogP contribution in [-0.4, -0.2) is 9.97 Å². The molecular formula is C46H29N3. The lowest BCUT2D eigenvalue weighted by molar-refractivity contribution is 0.660. The summed E-state index contributed by atoms with van der Waals surface area (Å²) in [6.45, 7) is 4.52. The summed E-state index contributed by atoms with van der Waals surface area (Å²) in [5.74, 6) is 0. The first kappa shape index (κ1) is 27.7. The van der Waals surface area contributed by atoms with Gasteiger partial charge in [-0.2, -0.15) is 5.26 Å². The van der Waals surface area contributed by atoms with Crippen molar-refractivity contribution in [3.8, 4) is 39.6 Å². The lowest BCUT2D eigenvalue weighted by Gasteiger charge is -2.22. The first-order chi connectivity index (χ1) is 24.0. The van der Waals surface area contributed by atoms with Crippen molar-refractivity contribution < 1.29 is 0 Å². The molecule has 0 unspecified atom stereocenters. The number of aromatic nitrogens is 2. The van der Waals surface area contributed by atoms with E-state index in [-0.39, 0.29) is 5.41 Å². The normalized spacial score (nSPS) is 13.2. The van der Waals surface area contributed by atoms with Gasteiger partial charge in [0.05, 0.1) is 28.4 Å². The Bertz CT molecular complexity index is 2930. The maximum Gasteiger partial charge on any atom is 0.0991 e. The number of pyridine rings is 2. The van der Waals surface area contributed by atoms with E-state index in [2.05, 4.69) is 147 Å². The highest BCUT2D eigenvalue weighted by Gasteiger charge is 2.35. The van der Waals surface area contributed by atoms with Gasteiger partial charge < -0.3 is 0 Å². The fourth-order valence-electron chi connectivity index (χ4n) is 8.28. The van der Waals surface area contributed by atoms with Crippen LogP contribution in [0.4, 0.5) is 0 Å². The number of hydrogen-bond donors (Lipinski definition) is 0. The van der Waals surface area contributed by atoms with Gasteiger partial charge in [0.1, 0.15) is 0 Å². The molecular weight excluding hydrogens is 595 g/mol. The maximum atomic E-state index is 9.59. The van der Waals surface area contributed by atoms with Crippen molar-refractivity contribution >= 4 is 54.1 Å². The molecule has 49 heavy (non-hydrogen) atoms. The van der Waals surface area contributed by atoms with Crippen molar-refractivity contribution in [3.63, 3.8) is 0 Å². The fourth-order valence-corrected chi connectivity index (χ4v) is 8.28. The molecule has 0 spiro atoms. The van der Waals surface area contributed by atoms with E-state index in [0.29, 0.717) is 5.56 Å². The van der Waals surface area contributed by atoms with Crippen LogP contribution < -0.4 is 0 Å². The number of rotatable bonds is 2. The molecule has 0 aliphatic heterocycles. The Labute approximate surface area is 283 Å². The van der Waals surface area contributed by atoms with E-state index in [4.69, 9.17) is 9.97 Å². The second-order valence-corrected chi connectivity index (χ2v) is 13.7. The number of benzene rings is 7. The molecule has 1 aliphatic carbocycles. The lowest BCUT2D eigenvalue weighted by Crippen LogP contribution is -2.15. The topological polar surface area (TPSA) is 49.6 Å². The Hall–Kier alpha value is -6.37. The molecule has 0 saturated carbocycles. The van der Waals surface area contributed by atoms with Crippen molar-refractivity contribution in [2.75, 3.05) is 0 Å². The third kappa shape index (κ3) is 3.89. The van der Waals surface area contributed by atoms with Gasteiger partial charge in [0, 0.05) is 38.7 Å². The van der Waals surface area contributed by atoms with Crippen molar-refractivity contribution in [1.82, 2.24) is 9.97 Å². The highest BCUT2D eigenvalue weighted by atomic mass is 14.8. The third-order valence-corrected chi connectivity index (χ3v) is 10.7. The standard InChI is InChI=1S/C46H29N3/c1-46(2)39-22-27(25-47)18-20-35(39)36-21-19-29(24-40(36)46)28-11-9-12-30(23-28)43-41-32-13-4-3-10-31(32)26-48-45(41)42-37-16-7-5-14-33(37)34-15-6-8-17-38(34)44(42)49-43/h3-24,26H,1-2H3. The monoisotopic (exact) mass is 623 g/mol. The van der Waals surface area contributed by atoms with Gasteiger partial charge in [0.25, 0.3) is 0 Å². The molecule has 3 nitrogen and oxygen atoms in total. The van der Waals surface area contributed by atoms with Gasteiger partial charge >= 0.3 is 0 Å². The van der Waals surface area contributed by atoms with Crippen LogP contribution in [0, 0.1) is 11.3 Å². The summed E-state index contributed by atoms with van der Waals surface area (Å²) in [6.07, 6.45) is 2.01. The Morgan fingerprint density at radius 3 is 1.96 bits per heavy atom. The zero-order chi connectivity index (χ0) is 32.9. The Morgan fingerprint density at radius 1 is 0.531 bits per heavy atom. The number of hydrogen-bond acceptors (Lipinski definition) is 3. The van der Waals surface area contributed by atoms with Gasteiger partial charge in [-0.1, -0.05) is 123 Å². The largest absolute Gasteiger partial charge is 0.255 e. The molecule has 228 valence electrons. The van der Waals surface area contributed by atoms with E-state index >= 15 is 0 Å². The Balaban J connectivity index is 1.24. The summed E-state index contributed by atoms with van der Waals surface area (Å²) in [5.41, 5.74) is 11.7. The second kappa shape index (κ2) is 10.1. The smallest absolute Gasteiger partial charge is 0.0991 e. The summed E-state index contributed by atoms with van der Waals surface area (Å²) in [7, 11) is 0. The highest BCUT2D eigenvalue weighted by Crippen LogP contribution is 2.50. The molecule has 0 bridgehead atoms. The van der Waals surface area contributed by atoms with E-state index in [1.165, 1.54) is 38.4 Å². The number of nitrogens with zero attached hydrogens (tertiary/aromatic N) is 3. The minimum Gasteiger partial charge on any atom is -0.255 e. The minimum atomic E-state index is -0.213. The molecule has 9 aromatic rings. The van der Waals surface area contributed by atoms with Gasteiger partial charge in [-0.05, 0) is 79.2 Å². The first-order valence-corrected chi connectivity index (χ1v) is 16.7. The van der Waals surface area contributed by atoms with E-state index in [1.54, 1.807) is 0 Å². The van der Waals surface area contributed by atoms with Crippen LogP contribution in [0.2, 0.25) is 0 Å². The first-order valence-electron chi connectivity index (χ1n) is 16.7. The fraction of sp³-hybridized carbons (Fsp3) is 0.0652. The molecule has 2 aromatic heterocycles. The van der Waals surface area contributed by atoms with E-state index < -0.39 is 0 Å². The van der Waals surface area contributed by atoms with Crippen LogP contribution in [0.1, 0.15) is 30.5 Å². The van der Waals surface area contributed by atoms with Gasteiger partial charge in [0.2, 0.25) is 0 Å². The van der Waals surface area contributed by atoms with Crippen LogP contribution in [0.3, 0.4) is 0 Å². The lowest BCUT2D eigenvalue weighted by atomic mass is 9.81. The van der Waals surface area contributed by atoms with Crippen LogP contribution in [0.25, 0.3) is 87.6 Å². The quantitative estimate of drug-likeness (QED) is 0.180. The molecule has 10 rings (SSSR count). The molecule has 1 aliphatic rings. The summed E-state index contributed by atoms with van der Waals surface area (Å²) in [5, 5.41) is 18.7. The van der Waals surface area contributed by atoms with Crippen molar-refractivity contribution in [3.05, 3.63) is 156 Å². The molecule has 3 heteroatoms. The van der Waals surface area contributed by atoms with Gasteiger partial charge in [0.15, 0.2) is 0 Å². The van der Waals surface area contributed by atoms with Crippen LogP contribution in [-0.2, 0) is 5.41 Å². The number of fused-ring (bicyclic) bond motifs is 13. The summed E-state index contributed by atoms with van der Waals surface area (Å²) >= 11 is 0. The van der Waals surface area contributed by atoms with Gasteiger partial charge in [-0.3, -0.25) is 4.98 Å². The second-order valence-electron chi connectivity index (χ2n) is 13.7. The van der Waals surface area contributed by atoms with Crippen molar-refractivity contribution in [2.45, 2.75) is 19.3 Å². The number of nitriles is 1. The van der Waals surface area contributed by atoms with E-state index in [9.17, 15) is 5.26 Å². The molecule has 0 fully saturated rings. The third-order valence-electron chi connectivity index (χ3n) is 10.7. The zero-order valence-corrected chi connectivity index (χ0v) is 27.1. The molecule has 0 radical (unpaired) electrons. The summed E-state index contributed by atoms with van der Waals surface area (Å²) in [4.78, 5) is 10.8. The molecule has 7 aromatic carbocycles. The van der Waals surface area contributed by atoms with Gasteiger partial charge in [-0.15, -0.1) is 0 Å². The maximum absolute atomic E-state index is 9.59. The summed E-state index contributed by atoms with van der Waals surface area (Å²) < 4.78 is 0. The zero-order valence-electron chi connectivity index (χ0n) is 27.1. The Morgan fingerprint density at radius 2 is 1.16 bits per heavy atom. The molecule has 0 amide bonds. The molecule has 0 atom stereocenters. The van der Waals surface area contributed by atoms with Crippen LogP contribution in [0.15, 0.2) is 140 Å². The SMILES string of the molecule is CC1(C)c2cc(C#N)ccc2-c2ccc(-c3cccc(-c4nc5c6ccccc6c6ccccc6c5c5ncc6ccccc6c45)c3)cc21. The van der Waals surface area contributed by atoms with E-state index in [1.807, 2.05) is 12.3 Å². The highest BCUT2D eigenvalue weighted by molar-refractivity contribution is 6.32. The van der Waals surface area contributed by atoms with Crippen LogP contribution >= 0.6 is 0 Å². The Kier molecular flexibility index (Phi) is 5.69. The average molecular weight is 624 g/mol. The molecule has 2 heterocycles. The molecule has 0 saturated heterocycles. The molecule has 0 N–H and O–H groups in total. The van der Waals surface area contributed by atoms with Crippen molar-refractivity contribution in [1.29, 1.82) is 5.26 Å². The summed E-state index contributed by atoms with van der Waals surface area (Å²) in [6, 6.07) is 49.7. The van der Waals surface area contributed by atoms with Gasteiger partial charge in [-0.25, -0.2) is 4.98 Å².